The standard InChI is InChI=1S/C24H39N5O3/c1-3-26-24(28-21-7-11-29(12-8-21)17-23(30)25-2)27-16-19-5-4-6-20(15-19)18-32-22-9-13-31-14-10-22/h4-6,15,21-22H,3,7-14,16-18H2,1-2H3,(H,25,30)(H2,26,27,28). The van der Waals surface area contributed by atoms with E-state index in [9.17, 15) is 4.79 Å². The van der Waals surface area contributed by atoms with Gasteiger partial charge in [0.1, 0.15) is 0 Å². The molecule has 8 nitrogen and oxygen atoms in total. The summed E-state index contributed by atoms with van der Waals surface area (Å²) in [7, 11) is 1.69. The van der Waals surface area contributed by atoms with Crippen LogP contribution >= 0.6 is 0 Å². The van der Waals surface area contributed by atoms with Crippen LogP contribution < -0.4 is 16.0 Å². The van der Waals surface area contributed by atoms with Crippen LogP contribution in [0, 0.1) is 0 Å². The Morgan fingerprint density at radius 1 is 1.19 bits per heavy atom. The molecule has 2 aliphatic heterocycles. The van der Waals surface area contributed by atoms with E-state index < -0.39 is 0 Å². The Balaban J connectivity index is 1.47. The van der Waals surface area contributed by atoms with Crippen molar-refractivity contribution in [3.05, 3.63) is 35.4 Å². The van der Waals surface area contributed by atoms with E-state index in [1.807, 2.05) is 0 Å². The van der Waals surface area contributed by atoms with E-state index in [1.54, 1.807) is 7.05 Å². The first-order chi connectivity index (χ1) is 15.7. The number of amides is 1. The number of benzene rings is 1. The van der Waals surface area contributed by atoms with E-state index in [0.29, 0.717) is 31.8 Å². The molecule has 0 unspecified atom stereocenters. The van der Waals surface area contributed by atoms with Crippen LogP contribution in [0.1, 0.15) is 43.7 Å². The number of piperidine rings is 1. The van der Waals surface area contributed by atoms with Gasteiger partial charge in [-0.1, -0.05) is 24.3 Å². The number of hydrogen-bond acceptors (Lipinski definition) is 5. The lowest BCUT2D eigenvalue weighted by Gasteiger charge is -2.32. The fourth-order valence-electron chi connectivity index (χ4n) is 4.08. The lowest BCUT2D eigenvalue weighted by Crippen LogP contribution is -2.50. The fourth-order valence-corrected chi connectivity index (χ4v) is 4.08. The third-order valence-corrected chi connectivity index (χ3v) is 5.98. The predicted molar refractivity (Wildman–Crippen MR) is 127 cm³/mol. The lowest BCUT2D eigenvalue weighted by molar-refractivity contribution is -0.122. The van der Waals surface area contributed by atoms with Crippen LogP contribution in [-0.2, 0) is 27.4 Å². The number of nitrogens with one attached hydrogen (secondary N) is 3. The molecule has 3 rings (SSSR count). The largest absolute Gasteiger partial charge is 0.381 e. The zero-order valence-corrected chi connectivity index (χ0v) is 19.6. The maximum absolute atomic E-state index is 11.6. The van der Waals surface area contributed by atoms with E-state index in [2.05, 4.69) is 52.0 Å². The van der Waals surface area contributed by atoms with Gasteiger partial charge in [0.2, 0.25) is 5.91 Å². The summed E-state index contributed by atoms with van der Waals surface area (Å²) in [6, 6.07) is 8.86. The molecule has 1 aromatic carbocycles. The summed E-state index contributed by atoms with van der Waals surface area (Å²) in [5.41, 5.74) is 2.36. The SMILES string of the molecule is CCNC(=NCc1cccc(COC2CCOCC2)c1)NC1CCN(CC(=O)NC)CC1. The van der Waals surface area contributed by atoms with Crippen LogP contribution in [0.5, 0.6) is 0 Å². The Morgan fingerprint density at radius 3 is 2.66 bits per heavy atom. The molecule has 0 radical (unpaired) electrons. The van der Waals surface area contributed by atoms with Crippen molar-refractivity contribution in [3.8, 4) is 0 Å². The van der Waals surface area contributed by atoms with Gasteiger partial charge in [-0.25, -0.2) is 4.99 Å². The van der Waals surface area contributed by atoms with Gasteiger partial charge in [-0.05, 0) is 43.7 Å². The van der Waals surface area contributed by atoms with Gasteiger partial charge in [-0.15, -0.1) is 0 Å². The highest BCUT2D eigenvalue weighted by Crippen LogP contribution is 2.15. The molecule has 3 N–H and O–H groups in total. The number of guanidine groups is 1. The molecule has 0 aromatic heterocycles. The topological polar surface area (TPSA) is 87.2 Å². The molecular formula is C24H39N5O3. The van der Waals surface area contributed by atoms with E-state index in [1.165, 1.54) is 11.1 Å². The third-order valence-electron chi connectivity index (χ3n) is 5.98. The second kappa shape index (κ2) is 13.4. The molecule has 178 valence electrons. The molecule has 2 fully saturated rings. The van der Waals surface area contributed by atoms with Crippen LogP contribution in [-0.4, -0.2) is 75.4 Å². The van der Waals surface area contributed by atoms with Crippen LogP contribution in [0.3, 0.4) is 0 Å². The smallest absolute Gasteiger partial charge is 0.233 e. The average molecular weight is 446 g/mol. The Labute approximate surface area is 192 Å². The number of nitrogens with zero attached hydrogens (tertiary/aromatic N) is 2. The van der Waals surface area contributed by atoms with Crippen LogP contribution in [0.2, 0.25) is 0 Å². The third kappa shape index (κ3) is 8.41. The van der Waals surface area contributed by atoms with E-state index in [4.69, 9.17) is 14.5 Å². The lowest BCUT2D eigenvalue weighted by atomic mass is 10.1. The molecule has 0 aliphatic carbocycles. The summed E-state index contributed by atoms with van der Waals surface area (Å²) in [6.07, 6.45) is 4.26. The molecule has 1 aromatic rings. The van der Waals surface area contributed by atoms with Gasteiger partial charge in [0, 0.05) is 45.9 Å². The summed E-state index contributed by atoms with van der Waals surface area (Å²) in [5, 5.41) is 9.63. The first-order valence-corrected chi connectivity index (χ1v) is 11.9. The fraction of sp³-hybridized carbons (Fsp3) is 0.667. The van der Waals surface area contributed by atoms with Gasteiger partial charge >= 0.3 is 0 Å². The molecule has 1 amide bonds. The molecular weight excluding hydrogens is 406 g/mol. The van der Waals surface area contributed by atoms with E-state index >= 15 is 0 Å². The number of hydrogen-bond donors (Lipinski definition) is 3. The predicted octanol–water partition coefficient (Wildman–Crippen LogP) is 1.65. The molecule has 0 atom stereocenters. The summed E-state index contributed by atoms with van der Waals surface area (Å²) in [5.74, 6) is 0.924. The van der Waals surface area contributed by atoms with Crippen molar-refractivity contribution >= 4 is 11.9 Å². The Morgan fingerprint density at radius 2 is 1.94 bits per heavy atom. The zero-order chi connectivity index (χ0) is 22.6. The highest BCUT2D eigenvalue weighted by atomic mass is 16.5. The first kappa shape index (κ1) is 24.5. The summed E-state index contributed by atoms with van der Waals surface area (Å²) in [6.45, 7) is 8.06. The molecule has 2 saturated heterocycles. The van der Waals surface area contributed by atoms with Crippen molar-refractivity contribution in [3.63, 3.8) is 0 Å². The monoisotopic (exact) mass is 445 g/mol. The summed E-state index contributed by atoms with van der Waals surface area (Å²) < 4.78 is 11.5. The number of rotatable bonds is 9. The van der Waals surface area contributed by atoms with Gasteiger partial charge < -0.3 is 25.4 Å². The van der Waals surface area contributed by atoms with Gasteiger partial charge in [0.05, 0.1) is 25.8 Å². The first-order valence-electron chi connectivity index (χ1n) is 11.9. The zero-order valence-electron chi connectivity index (χ0n) is 19.6. The Bertz CT molecular complexity index is 728. The molecule has 0 bridgehead atoms. The average Bonchev–Trinajstić information content (AvgIpc) is 2.83. The minimum atomic E-state index is 0.0756. The maximum Gasteiger partial charge on any atom is 0.233 e. The van der Waals surface area contributed by atoms with Crippen molar-refractivity contribution in [1.29, 1.82) is 0 Å². The maximum atomic E-state index is 11.6. The van der Waals surface area contributed by atoms with Crippen molar-refractivity contribution in [2.75, 3.05) is 46.4 Å². The van der Waals surface area contributed by atoms with Gasteiger partial charge in [0.15, 0.2) is 5.96 Å². The second-order valence-corrected chi connectivity index (χ2v) is 8.51. The van der Waals surface area contributed by atoms with Crippen LogP contribution in [0.4, 0.5) is 0 Å². The summed E-state index contributed by atoms with van der Waals surface area (Å²) in [4.78, 5) is 18.6. The van der Waals surface area contributed by atoms with Crippen molar-refractivity contribution < 1.29 is 14.3 Å². The molecule has 32 heavy (non-hydrogen) atoms. The molecule has 0 saturated carbocycles. The van der Waals surface area contributed by atoms with Crippen molar-refractivity contribution in [2.45, 2.75) is 57.9 Å². The number of likely N-dealkylation sites (tertiary alicyclic amines) is 1. The number of likely N-dealkylation sites (N-methyl/N-ethyl adjacent to an activating group) is 1. The van der Waals surface area contributed by atoms with Gasteiger partial charge in [-0.2, -0.15) is 0 Å². The minimum absolute atomic E-state index is 0.0756. The Hall–Kier alpha value is -2.16. The molecule has 2 aliphatic rings. The molecule has 8 heteroatoms. The number of aliphatic imine (C=N–C) groups is 1. The molecule has 2 heterocycles. The summed E-state index contributed by atoms with van der Waals surface area (Å²) >= 11 is 0. The number of carbonyl (C=O) groups is 1. The van der Waals surface area contributed by atoms with E-state index in [0.717, 1.165) is 64.5 Å². The highest BCUT2D eigenvalue weighted by Gasteiger charge is 2.21. The minimum Gasteiger partial charge on any atom is -0.381 e. The van der Waals surface area contributed by atoms with Crippen molar-refractivity contribution in [2.24, 2.45) is 4.99 Å². The van der Waals surface area contributed by atoms with Crippen LogP contribution in [0.15, 0.2) is 29.3 Å². The molecule has 0 spiro atoms. The van der Waals surface area contributed by atoms with Crippen molar-refractivity contribution in [1.82, 2.24) is 20.9 Å². The highest BCUT2D eigenvalue weighted by molar-refractivity contribution is 5.80. The van der Waals surface area contributed by atoms with E-state index in [-0.39, 0.29) is 5.91 Å². The Kier molecular flexibility index (Phi) is 10.3. The van der Waals surface area contributed by atoms with Gasteiger partial charge in [-0.3, -0.25) is 9.69 Å². The number of carbonyl (C=O) groups excluding carboxylic acids is 1. The second-order valence-electron chi connectivity index (χ2n) is 8.51. The van der Waals surface area contributed by atoms with Gasteiger partial charge in [0.25, 0.3) is 0 Å². The normalized spacial score (nSPS) is 19.0. The quantitative estimate of drug-likeness (QED) is 0.396. The number of ether oxygens (including phenoxy) is 2. The van der Waals surface area contributed by atoms with Crippen LogP contribution in [0.25, 0.3) is 0 Å².